The molecule has 1 amide bonds. The number of ether oxygens (including phenoxy) is 2. The maximum Gasteiger partial charge on any atom is 0.408 e. The van der Waals surface area contributed by atoms with E-state index in [1.807, 2.05) is 51.1 Å². The topological polar surface area (TPSA) is 67.8 Å². The Morgan fingerprint density at radius 1 is 1.33 bits per heavy atom. The molecule has 0 heterocycles. The van der Waals surface area contributed by atoms with Crippen LogP contribution in [0.5, 0.6) is 0 Å². The summed E-state index contributed by atoms with van der Waals surface area (Å²) < 4.78 is 10.6. The molecule has 0 spiro atoms. The molecule has 0 saturated heterocycles. The summed E-state index contributed by atoms with van der Waals surface area (Å²) in [6, 6.07) is 8.64. The Balaban J connectivity index is 2.43. The number of carbonyl (C=O) groups excluding carboxylic acids is 1. The van der Waals surface area contributed by atoms with Gasteiger partial charge in [-0.15, -0.1) is 0 Å². The first kappa shape index (κ1) is 17.0. The largest absolute Gasteiger partial charge is 0.511 e. The van der Waals surface area contributed by atoms with E-state index in [0.29, 0.717) is 0 Å². The predicted octanol–water partition coefficient (Wildman–Crippen LogP) is 3.17. The number of rotatable bonds is 6. The molecule has 1 aromatic rings. The Bertz CT molecular complexity index is 465. The molecule has 0 bridgehead atoms. The van der Waals surface area contributed by atoms with Crippen molar-refractivity contribution in [2.24, 2.45) is 0 Å². The van der Waals surface area contributed by atoms with E-state index < -0.39 is 12.1 Å². The highest BCUT2D eigenvalue weighted by Gasteiger charge is 2.20. The molecule has 0 aromatic heterocycles. The number of hydrogen-bond donors (Lipinski definition) is 2. The number of carbonyl (C=O) groups is 1. The molecule has 0 aliphatic heterocycles. The second kappa shape index (κ2) is 7.69. The van der Waals surface area contributed by atoms with Gasteiger partial charge in [-0.25, -0.2) is 4.79 Å². The summed E-state index contributed by atoms with van der Waals surface area (Å²) in [6.45, 7) is 9.38. The molecule has 0 fully saturated rings. The van der Waals surface area contributed by atoms with Crippen molar-refractivity contribution in [3.8, 4) is 0 Å². The van der Waals surface area contributed by atoms with Crippen molar-refractivity contribution in [3.05, 3.63) is 48.2 Å². The molecule has 1 rings (SSSR count). The van der Waals surface area contributed by atoms with E-state index in [-0.39, 0.29) is 24.6 Å². The van der Waals surface area contributed by atoms with Gasteiger partial charge in [0.1, 0.15) is 18.4 Å². The highest BCUT2D eigenvalue weighted by molar-refractivity contribution is 5.68. The second-order valence-corrected chi connectivity index (χ2v) is 5.67. The van der Waals surface area contributed by atoms with Crippen LogP contribution in [0.4, 0.5) is 4.79 Å². The monoisotopic (exact) mass is 293 g/mol. The van der Waals surface area contributed by atoms with Crippen molar-refractivity contribution in [3.63, 3.8) is 0 Å². The van der Waals surface area contributed by atoms with Crippen LogP contribution < -0.4 is 5.32 Å². The van der Waals surface area contributed by atoms with Crippen LogP contribution in [0.25, 0.3) is 0 Å². The van der Waals surface area contributed by atoms with Crippen LogP contribution in [0.3, 0.4) is 0 Å². The van der Waals surface area contributed by atoms with Crippen LogP contribution >= 0.6 is 0 Å². The lowest BCUT2D eigenvalue weighted by atomic mass is 10.2. The van der Waals surface area contributed by atoms with E-state index in [9.17, 15) is 9.90 Å². The zero-order valence-corrected chi connectivity index (χ0v) is 12.8. The number of alkyl carbamates (subject to hydrolysis) is 1. The molecule has 0 unspecified atom stereocenters. The minimum atomic E-state index is -0.701. The second-order valence-electron chi connectivity index (χ2n) is 5.67. The van der Waals surface area contributed by atoms with Crippen molar-refractivity contribution in [1.29, 1.82) is 0 Å². The zero-order chi connectivity index (χ0) is 15.9. The molecule has 5 nitrogen and oxygen atoms in total. The number of aliphatic hydroxyl groups excluding tert-OH is 1. The number of nitrogens with one attached hydrogen (secondary N) is 1. The van der Waals surface area contributed by atoms with Gasteiger partial charge in [0, 0.05) is 0 Å². The highest BCUT2D eigenvalue weighted by atomic mass is 16.5. The smallest absolute Gasteiger partial charge is 0.408 e. The summed E-state index contributed by atoms with van der Waals surface area (Å²) in [5, 5.41) is 12.0. The first-order valence-electron chi connectivity index (χ1n) is 6.77. The van der Waals surface area contributed by atoms with Gasteiger partial charge in [0.05, 0.1) is 12.2 Å². The number of amides is 1. The predicted molar refractivity (Wildman–Crippen MR) is 81.0 cm³/mol. The lowest BCUT2D eigenvalue weighted by Crippen LogP contribution is -2.41. The van der Waals surface area contributed by atoms with Gasteiger partial charge in [-0.3, -0.25) is 0 Å². The molecule has 1 atom stereocenters. The highest BCUT2D eigenvalue weighted by Crippen LogP contribution is 2.09. The molecule has 2 N–H and O–H groups in total. The molecule has 0 aliphatic rings. The van der Waals surface area contributed by atoms with E-state index in [2.05, 4.69) is 11.9 Å². The van der Waals surface area contributed by atoms with Crippen LogP contribution in [0.1, 0.15) is 26.3 Å². The van der Waals surface area contributed by atoms with Crippen LogP contribution in [-0.4, -0.2) is 29.4 Å². The third-order valence-electron chi connectivity index (χ3n) is 2.59. The third kappa shape index (κ3) is 7.37. The lowest BCUT2D eigenvalue weighted by Gasteiger charge is -2.24. The molecule has 1 aromatic carbocycles. The van der Waals surface area contributed by atoms with Crippen LogP contribution in [0, 0.1) is 0 Å². The summed E-state index contributed by atoms with van der Waals surface area (Å²) in [5.41, 5.74) is 0.515. The Hall–Kier alpha value is -2.01. The fourth-order valence-corrected chi connectivity index (χ4v) is 1.46. The van der Waals surface area contributed by atoms with Gasteiger partial charge in [0.15, 0.2) is 0 Å². The normalized spacial score (nSPS) is 12.5. The van der Waals surface area contributed by atoms with E-state index in [0.717, 1.165) is 5.56 Å². The van der Waals surface area contributed by atoms with Crippen molar-refractivity contribution in [2.75, 3.05) is 6.61 Å². The molecule has 0 saturated carbocycles. The van der Waals surface area contributed by atoms with E-state index >= 15 is 0 Å². The Labute approximate surface area is 125 Å². The van der Waals surface area contributed by atoms with Gasteiger partial charge in [0.2, 0.25) is 0 Å². The fraction of sp³-hybridized carbons (Fsp3) is 0.438. The SMILES string of the molecule is C=C(O)[C@H](COC(C)(C)C)NC(=O)OCc1ccccc1. The zero-order valence-electron chi connectivity index (χ0n) is 12.8. The average Bonchev–Trinajstić information content (AvgIpc) is 2.41. The number of benzene rings is 1. The minimum Gasteiger partial charge on any atom is -0.511 e. The van der Waals surface area contributed by atoms with E-state index in [1.54, 1.807) is 0 Å². The van der Waals surface area contributed by atoms with E-state index in [4.69, 9.17) is 9.47 Å². The molecular weight excluding hydrogens is 270 g/mol. The first-order valence-corrected chi connectivity index (χ1v) is 6.77. The maximum absolute atomic E-state index is 11.7. The number of hydrogen-bond acceptors (Lipinski definition) is 4. The van der Waals surface area contributed by atoms with Crippen molar-refractivity contribution in [2.45, 2.75) is 39.0 Å². The minimum absolute atomic E-state index is 0.124. The van der Waals surface area contributed by atoms with Crippen LogP contribution in [-0.2, 0) is 16.1 Å². The summed E-state index contributed by atoms with van der Waals surface area (Å²) in [7, 11) is 0. The van der Waals surface area contributed by atoms with Gasteiger partial charge in [0.25, 0.3) is 0 Å². The molecular formula is C16H23NO4. The van der Waals surface area contributed by atoms with Crippen LogP contribution in [0.15, 0.2) is 42.7 Å². The lowest BCUT2D eigenvalue weighted by molar-refractivity contribution is -0.0144. The Morgan fingerprint density at radius 3 is 2.48 bits per heavy atom. The Kier molecular flexibility index (Phi) is 6.24. The summed E-state index contributed by atoms with van der Waals surface area (Å²) in [6.07, 6.45) is -0.628. The third-order valence-corrected chi connectivity index (χ3v) is 2.59. The molecule has 0 radical (unpaired) electrons. The van der Waals surface area contributed by atoms with Crippen molar-refractivity contribution >= 4 is 6.09 Å². The first-order chi connectivity index (χ1) is 9.78. The molecule has 0 aliphatic carbocycles. The summed E-state index contributed by atoms with van der Waals surface area (Å²) in [4.78, 5) is 11.7. The summed E-state index contributed by atoms with van der Waals surface area (Å²) >= 11 is 0. The van der Waals surface area contributed by atoms with Crippen LogP contribution in [0.2, 0.25) is 0 Å². The average molecular weight is 293 g/mol. The van der Waals surface area contributed by atoms with Gasteiger partial charge < -0.3 is 19.9 Å². The summed E-state index contributed by atoms with van der Waals surface area (Å²) in [5.74, 6) is -0.170. The molecule has 21 heavy (non-hydrogen) atoms. The maximum atomic E-state index is 11.7. The van der Waals surface area contributed by atoms with E-state index in [1.165, 1.54) is 0 Å². The molecule has 116 valence electrons. The van der Waals surface area contributed by atoms with Gasteiger partial charge in [-0.05, 0) is 26.3 Å². The standard InChI is InChI=1S/C16H23NO4/c1-12(18)14(11-21-16(2,3)4)17-15(19)20-10-13-8-6-5-7-9-13/h5-9,14,18H,1,10-11H2,2-4H3,(H,17,19)/t14-/m0/s1. The van der Waals surface area contributed by atoms with Gasteiger partial charge in [-0.2, -0.15) is 0 Å². The quantitative estimate of drug-likeness (QED) is 0.791. The van der Waals surface area contributed by atoms with Crippen molar-refractivity contribution < 1.29 is 19.4 Å². The number of aliphatic hydroxyl groups is 1. The van der Waals surface area contributed by atoms with Crippen molar-refractivity contribution in [1.82, 2.24) is 5.32 Å². The fourth-order valence-electron chi connectivity index (χ4n) is 1.46. The molecule has 5 heteroatoms. The van der Waals surface area contributed by atoms with Gasteiger partial charge >= 0.3 is 6.09 Å². The Morgan fingerprint density at radius 2 is 1.95 bits per heavy atom. The van der Waals surface area contributed by atoms with Gasteiger partial charge in [-0.1, -0.05) is 36.9 Å².